The van der Waals surface area contributed by atoms with Gasteiger partial charge in [0.15, 0.2) is 0 Å². The molecule has 1 N–H and O–H groups in total. The summed E-state index contributed by atoms with van der Waals surface area (Å²) in [5, 5.41) is 2.81. The quantitative estimate of drug-likeness (QED) is 0.908. The average Bonchev–Trinajstić information content (AvgIpc) is 3.25. The molecule has 2 atom stereocenters. The van der Waals surface area contributed by atoms with Gasteiger partial charge in [-0.1, -0.05) is 12.1 Å². The van der Waals surface area contributed by atoms with E-state index in [1.54, 1.807) is 24.0 Å². The molecule has 1 aliphatic carbocycles. The highest BCUT2D eigenvalue weighted by molar-refractivity contribution is 5.97. The predicted molar refractivity (Wildman–Crippen MR) is 71.1 cm³/mol. The molecule has 3 rings (SSSR count). The summed E-state index contributed by atoms with van der Waals surface area (Å²) in [7, 11) is 0. The summed E-state index contributed by atoms with van der Waals surface area (Å²) in [5.41, 5.74) is 0.829. The molecule has 0 aromatic heterocycles. The number of rotatable bonds is 3. The number of amides is 2. The molecular formula is C15H17FN2O2. The number of piperazine rings is 1. The van der Waals surface area contributed by atoms with E-state index in [0.29, 0.717) is 6.54 Å². The molecule has 1 aliphatic heterocycles. The molecule has 2 unspecified atom stereocenters. The number of nitrogens with one attached hydrogen (secondary N) is 1. The standard InChI is InChI=1S/C15H17FN2O2/c1-9-14(19)17-13(11-4-5-11)15(20)18(9)8-10-2-6-12(16)7-3-10/h2-3,6-7,9,11,13H,4-5,8H2,1H3,(H,17,19). The van der Waals surface area contributed by atoms with Gasteiger partial charge in [-0.25, -0.2) is 4.39 Å². The highest BCUT2D eigenvalue weighted by Crippen LogP contribution is 2.35. The van der Waals surface area contributed by atoms with E-state index in [0.717, 1.165) is 18.4 Å². The van der Waals surface area contributed by atoms with E-state index in [1.807, 2.05) is 0 Å². The average molecular weight is 276 g/mol. The predicted octanol–water partition coefficient (Wildman–Crippen LogP) is 1.45. The molecule has 1 heterocycles. The van der Waals surface area contributed by atoms with Crippen LogP contribution in [0.3, 0.4) is 0 Å². The fourth-order valence-electron chi connectivity index (χ4n) is 2.60. The third-order valence-electron chi connectivity index (χ3n) is 4.05. The maximum absolute atomic E-state index is 12.9. The molecule has 0 bridgehead atoms. The lowest BCUT2D eigenvalue weighted by atomic mass is 10.0. The first kappa shape index (κ1) is 13.1. The van der Waals surface area contributed by atoms with Crippen molar-refractivity contribution in [2.75, 3.05) is 0 Å². The molecule has 106 valence electrons. The minimum absolute atomic E-state index is 0.0241. The lowest BCUT2D eigenvalue weighted by molar-refractivity contribution is -0.149. The number of halogens is 1. The minimum atomic E-state index is -0.484. The van der Waals surface area contributed by atoms with E-state index in [1.165, 1.54) is 12.1 Å². The molecule has 0 radical (unpaired) electrons. The molecular weight excluding hydrogens is 259 g/mol. The zero-order chi connectivity index (χ0) is 14.3. The van der Waals surface area contributed by atoms with Gasteiger partial charge in [0.2, 0.25) is 11.8 Å². The lowest BCUT2D eigenvalue weighted by Crippen LogP contribution is -2.62. The van der Waals surface area contributed by atoms with E-state index < -0.39 is 6.04 Å². The maximum atomic E-state index is 12.9. The summed E-state index contributed by atoms with van der Waals surface area (Å²) in [6.45, 7) is 2.07. The Bertz CT molecular complexity index is 539. The first-order chi connectivity index (χ1) is 9.56. The molecule has 2 fully saturated rings. The van der Waals surface area contributed by atoms with Crippen molar-refractivity contribution in [3.8, 4) is 0 Å². The Balaban J connectivity index is 1.79. The summed E-state index contributed by atoms with van der Waals surface area (Å²) >= 11 is 0. The third-order valence-corrected chi connectivity index (χ3v) is 4.05. The largest absolute Gasteiger partial charge is 0.342 e. The molecule has 5 heteroatoms. The van der Waals surface area contributed by atoms with E-state index in [4.69, 9.17) is 0 Å². The van der Waals surface area contributed by atoms with Gasteiger partial charge in [0.25, 0.3) is 0 Å². The van der Waals surface area contributed by atoms with Crippen LogP contribution in [0.15, 0.2) is 24.3 Å². The summed E-state index contributed by atoms with van der Waals surface area (Å²) in [6.07, 6.45) is 1.99. The number of carbonyl (C=O) groups excluding carboxylic acids is 2. The third kappa shape index (κ3) is 2.40. The number of benzene rings is 1. The molecule has 1 aromatic carbocycles. The van der Waals surface area contributed by atoms with Gasteiger partial charge in [-0.3, -0.25) is 9.59 Å². The molecule has 4 nitrogen and oxygen atoms in total. The fourth-order valence-corrected chi connectivity index (χ4v) is 2.60. The van der Waals surface area contributed by atoms with Crippen LogP contribution in [-0.4, -0.2) is 28.8 Å². The van der Waals surface area contributed by atoms with Crippen molar-refractivity contribution in [2.45, 2.75) is 38.4 Å². The van der Waals surface area contributed by atoms with E-state index >= 15 is 0 Å². The Morgan fingerprint density at radius 3 is 2.50 bits per heavy atom. The second kappa shape index (κ2) is 4.89. The number of hydrogen-bond acceptors (Lipinski definition) is 2. The van der Waals surface area contributed by atoms with Crippen LogP contribution in [0.1, 0.15) is 25.3 Å². The Kier molecular flexibility index (Phi) is 3.20. The van der Waals surface area contributed by atoms with Gasteiger partial charge >= 0.3 is 0 Å². The highest BCUT2D eigenvalue weighted by atomic mass is 19.1. The molecule has 20 heavy (non-hydrogen) atoms. The van der Waals surface area contributed by atoms with Crippen molar-refractivity contribution in [3.63, 3.8) is 0 Å². The van der Waals surface area contributed by atoms with Gasteiger partial charge < -0.3 is 10.2 Å². The van der Waals surface area contributed by atoms with Crippen molar-refractivity contribution in [2.24, 2.45) is 5.92 Å². The number of carbonyl (C=O) groups is 2. The number of nitrogens with zero attached hydrogens (tertiary/aromatic N) is 1. The highest BCUT2D eigenvalue weighted by Gasteiger charge is 2.45. The fraction of sp³-hybridized carbons (Fsp3) is 0.467. The SMILES string of the molecule is CC1C(=O)NC(C2CC2)C(=O)N1Cc1ccc(F)cc1. The van der Waals surface area contributed by atoms with Crippen LogP contribution in [-0.2, 0) is 16.1 Å². The van der Waals surface area contributed by atoms with Crippen LogP contribution in [0.25, 0.3) is 0 Å². The molecule has 1 saturated carbocycles. The van der Waals surface area contributed by atoms with Gasteiger partial charge in [0.1, 0.15) is 17.9 Å². The zero-order valence-electron chi connectivity index (χ0n) is 11.3. The second-order valence-electron chi connectivity index (χ2n) is 5.59. The normalized spacial score (nSPS) is 26.6. The summed E-state index contributed by atoms with van der Waals surface area (Å²) in [5.74, 6) is -0.150. The van der Waals surface area contributed by atoms with Crippen LogP contribution in [0.5, 0.6) is 0 Å². The van der Waals surface area contributed by atoms with Gasteiger partial charge in [-0.2, -0.15) is 0 Å². The van der Waals surface area contributed by atoms with Crippen LogP contribution in [0, 0.1) is 11.7 Å². The minimum Gasteiger partial charge on any atom is -0.342 e. The lowest BCUT2D eigenvalue weighted by Gasteiger charge is -2.37. The second-order valence-corrected chi connectivity index (χ2v) is 5.59. The number of hydrogen-bond donors (Lipinski definition) is 1. The summed E-state index contributed by atoms with van der Waals surface area (Å²) in [4.78, 5) is 26.0. The molecule has 1 aromatic rings. The molecule has 1 saturated heterocycles. The van der Waals surface area contributed by atoms with Crippen LogP contribution >= 0.6 is 0 Å². The zero-order valence-corrected chi connectivity index (χ0v) is 11.3. The van der Waals surface area contributed by atoms with Gasteiger partial charge in [0, 0.05) is 6.54 Å². The molecule has 0 spiro atoms. The Morgan fingerprint density at radius 1 is 1.25 bits per heavy atom. The van der Waals surface area contributed by atoms with Crippen molar-refractivity contribution in [3.05, 3.63) is 35.6 Å². The van der Waals surface area contributed by atoms with Crippen molar-refractivity contribution >= 4 is 11.8 Å². The van der Waals surface area contributed by atoms with E-state index in [-0.39, 0.29) is 29.6 Å². The van der Waals surface area contributed by atoms with Crippen LogP contribution in [0.2, 0.25) is 0 Å². The molecule has 2 aliphatic rings. The summed E-state index contributed by atoms with van der Waals surface area (Å²) < 4.78 is 12.9. The van der Waals surface area contributed by atoms with Crippen molar-refractivity contribution in [1.29, 1.82) is 0 Å². The Labute approximate surface area is 117 Å². The van der Waals surface area contributed by atoms with Crippen LogP contribution < -0.4 is 5.32 Å². The van der Waals surface area contributed by atoms with E-state index in [9.17, 15) is 14.0 Å². The Morgan fingerprint density at radius 2 is 1.90 bits per heavy atom. The maximum Gasteiger partial charge on any atom is 0.246 e. The van der Waals surface area contributed by atoms with E-state index in [2.05, 4.69) is 5.32 Å². The first-order valence-electron chi connectivity index (χ1n) is 6.91. The van der Waals surface area contributed by atoms with Crippen molar-refractivity contribution < 1.29 is 14.0 Å². The monoisotopic (exact) mass is 276 g/mol. The Hall–Kier alpha value is -1.91. The summed E-state index contributed by atoms with van der Waals surface area (Å²) in [6, 6.07) is 5.17. The molecule has 2 amide bonds. The van der Waals surface area contributed by atoms with Gasteiger partial charge in [-0.05, 0) is 43.4 Å². The first-order valence-corrected chi connectivity index (χ1v) is 6.91. The van der Waals surface area contributed by atoms with Gasteiger partial charge in [-0.15, -0.1) is 0 Å². The van der Waals surface area contributed by atoms with Gasteiger partial charge in [0.05, 0.1) is 0 Å². The topological polar surface area (TPSA) is 49.4 Å². The van der Waals surface area contributed by atoms with Crippen molar-refractivity contribution in [1.82, 2.24) is 10.2 Å². The smallest absolute Gasteiger partial charge is 0.246 e. The van der Waals surface area contributed by atoms with Crippen LogP contribution in [0.4, 0.5) is 4.39 Å².